The highest BCUT2D eigenvalue weighted by Crippen LogP contribution is 2.23. The molecule has 0 aliphatic carbocycles. The van der Waals surface area contributed by atoms with Crippen LogP contribution in [0.5, 0.6) is 0 Å². The zero-order valence-electron chi connectivity index (χ0n) is 11.4. The Hall–Kier alpha value is -0.420. The molecule has 0 aromatic carbocycles. The van der Waals surface area contributed by atoms with Crippen molar-refractivity contribution in [3.05, 3.63) is 22.4 Å². The van der Waals surface area contributed by atoms with Crippen molar-refractivity contribution >= 4 is 11.3 Å². The molecule has 1 fully saturated rings. The standard InChI is InChI=1S/C14H24N2OS/c1-14(2,16-7-9-17-10-8-16)13(15)6-5-12-4-3-11-18-12/h3-4,11,13H,5-10,15H2,1-2H3. The minimum Gasteiger partial charge on any atom is -0.379 e. The Kier molecular flexibility index (Phi) is 4.78. The number of thiophene rings is 1. The number of nitrogens with zero attached hydrogens (tertiary/aromatic N) is 1. The van der Waals surface area contributed by atoms with Gasteiger partial charge in [0.15, 0.2) is 0 Å². The van der Waals surface area contributed by atoms with E-state index in [1.807, 2.05) is 11.3 Å². The molecule has 1 aromatic heterocycles. The van der Waals surface area contributed by atoms with E-state index in [-0.39, 0.29) is 11.6 Å². The van der Waals surface area contributed by atoms with Crippen LogP contribution in [-0.4, -0.2) is 42.8 Å². The first kappa shape index (κ1) is 14.0. The highest BCUT2D eigenvalue weighted by Gasteiger charge is 2.33. The molecule has 102 valence electrons. The summed E-state index contributed by atoms with van der Waals surface area (Å²) < 4.78 is 5.41. The van der Waals surface area contributed by atoms with E-state index in [4.69, 9.17) is 10.5 Å². The fourth-order valence-electron chi connectivity index (χ4n) is 2.48. The number of hydrogen-bond donors (Lipinski definition) is 1. The molecule has 0 saturated carbocycles. The Morgan fingerprint density at radius 2 is 2.17 bits per heavy atom. The van der Waals surface area contributed by atoms with Crippen molar-refractivity contribution in [3.8, 4) is 0 Å². The van der Waals surface area contributed by atoms with Crippen LogP contribution in [-0.2, 0) is 11.2 Å². The molecule has 1 unspecified atom stereocenters. The van der Waals surface area contributed by atoms with E-state index in [9.17, 15) is 0 Å². The molecule has 1 aromatic rings. The molecular formula is C14H24N2OS. The van der Waals surface area contributed by atoms with Gasteiger partial charge in [-0.3, -0.25) is 4.90 Å². The highest BCUT2D eigenvalue weighted by molar-refractivity contribution is 7.09. The molecule has 2 rings (SSSR count). The van der Waals surface area contributed by atoms with Gasteiger partial charge in [-0.25, -0.2) is 0 Å². The van der Waals surface area contributed by atoms with E-state index in [0.29, 0.717) is 0 Å². The molecule has 1 aliphatic rings. The van der Waals surface area contributed by atoms with Crippen LogP contribution in [0.15, 0.2) is 17.5 Å². The molecule has 0 bridgehead atoms. The second-order valence-electron chi connectivity index (χ2n) is 5.48. The number of nitrogens with two attached hydrogens (primary N) is 1. The van der Waals surface area contributed by atoms with Crippen molar-refractivity contribution in [2.24, 2.45) is 5.73 Å². The summed E-state index contributed by atoms with van der Waals surface area (Å²) in [6.07, 6.45) is 2.14. The lowest BCUT2D eigenvalue weighted by Gasteiger charge is -2.44. The van der Waals surface area contributed by atoms with Crippen molar-refractivity contribution < 1.29 is 4.74 Å². The van der Waals surface area contributed by atoms with Crippen LogP contribution in [0, 0.1) is 0 Å². The number of hydrogen-bond acceptors (Lipinski definition) is 4. The van der Waals surface area contributed by atoms with Gasteiger partial charge >= 0.3 is 0 Å². The average Bonchev–Trinajstić information content (AvgIpc) is 2.90. The first-order valence-corrected chi connectivity index (χ1v) is 7.59. The van der Waals surface area contributed by atoms with Gasteiger partial charge in [-0.2, -0.15) is 0 Å². The molecule has 2 heterocycles. The van der Waals surface area contributed by atoms with Crippen LogP contribution in [0.2, 0.25) is 0 Å². The summed E-state index contributed by atoms with van der Waals surface area (Å²) in [5.41, 5.74) is 6.48. The maximum atomic E-state index is 6.42. The lowest BCUT2D eigenvalue weighted by molar-refractivity contribution is -0.0194. The number of aryl methyl sites for hydroxylation is 1. The van der Waals surface area contributed by atoms with Gasteiger partial charge in [0.05, 0.1) is 13.2 Å². The Balaban J connectivity index is 1.87. The Morgan fingerprint density at radius 3 is 2.78 bits per heavy atom. The smallest absolute Gasteiger partial charge is 0.0594 e. The minimum absolute atomic E-state index is 0.0566. The fraction of sp³-hybridized carbons (Fsp3) is 0.714. The molecule has 18 heavy (non-hydrogen) atoms. The van der Waals surface area contributed by atoms with Gasteiger partial charge in [0, 0.05) is 29.5 Å². The topological polar surface area (TPSA) is 38.5 Å². The van der Waals surface area contributed by atoms with E-state index in [2.05, 4.69) is 36.3 Å². The molecular weight excluding hydrogens is 244 g/mol. The molecule has 2 N–H and O–H groups in total. The maximum absolute atomic E-state index is 6.42. The van der Waals surface area contributed by atoms with E-state index in [1.165, 1.54) is 4.88 Å². The third-order valence-electron chi connectivity index (χ3n) is 4.02. The van der Waals surface area contributed by atoms with Gasteiger partial charge < -0.3 is 10.5 Å². The molecule has 4 heteroatoms. The Bertz CT molecular complexity index is 345. The molecule has 0 amide bonds. The maximum Gasteiger partial charge on any atom is 0.0594 e. The number of ether oxygens (including phenoxy) is 1. The molecule has 3 nitrogen and oxygen atoms in total. The second kappa shape index (κ2) is 6.15. The molecule has 0 spiro atoms. The predicted molar refractivity (Wildman–Crippen MR) is 77.1 cm³/mol. The predicted octanol–water partition coefficient (Wildman–Crippen LogP) is 2.12. The first-order chi connectivity index (χ1) is 8.60. The lowest BCUT2D eigenvalue weighted by Crippen LogP contribution is -2.59. The van der Waals surface area contributed by atoms with Crippen molar-refractivity contribution in [2.45, 2.75) is 38.3 Å². The van der Waals surface area contributed by atoms with Crippen LogP contribution in [0.1, 0.15) is 25.1 Å². The summed E-state index contributed by atoms with van der Waals surface area (Å²) in [5, 5.41) is 2.13. The molecule has 1 atom stereocenters. The van der Waals surface area contributed by atoms with Gasteiger partial charge in [-0.1, -0.05) is 6.07 Å². The van der Waals surface area contributed by atoms with Gasteiger partial charge in [0.1, 0.15) is 0 Å². The first-order valence-electron chi connectivity index (χ1n) is 6.71. The highest BCUT2D eigenvalue weighted by atomic mass is 32.1. The lowest BCUT2D eigenvalue weighted by atomic mass is 9.89. The molecule has 0 radical (unpaired) electrons. The van der Waals surface area contributed by atoms with Gasteiger partial charge in [-0.05, 0) is 38.1 Å². The largest absolute Gasteiger partial charge is 0.379 e. The van der Waals surface area contributed by atoms with Crippen LogP contribution < -0.4 is 5.73 Å². The summed E-state index contributed by atoms with van der Waals surface area (Å²) in [6.45, 7) is 8.19. The second-order valence-corrected chi connectivity index (χ2v) is 6.51. The van der Waals surface area contributed by atoms with Crippen LogP contribution in [0.4, 0.5) is 0 Å². The van der Waals surface area contributed by atoms with Crippen LogP contribution in [0.25, 0.3) is 0 Å². The summed E-state index contributed by atoms with van der Waals surface area (Å²) in [7, 11) is 0. The van der Waals surface area contributed by atoms with Crippen molar-refractivity contribution in [3.63, 3.8) is 0 Å². The van der Waals surface area contributed by atoms with E-state index in [0.717, 1.165) is 39.1 Å². The van der Waals surface area contributed by atoms with Gasteiger partial charge in [0.2, 0.25) is 0 Å². The van der Waals surface area contributed by atoms with Crippen molar-refractivity contribution in [2.75, 3.05) is 26.3 Å². The number of rotatable bonds is 5. The van der Waals surface area contributed by atoms with Crippen molar-refractivity contribution in [1.82, 2.24) is 4.90 Å². The van der Waals surface area contributed by atoms with E-state index >= 15 is 0 Å². The quantitative estimate of drug-likeness (QED) is 0.889. The van der Waals surface area contributed by atoms with Gasteiger partial charge in [-0.15, -0.1) is 11.3 Å². The molecule has 1 aliphatic heterocycles. The SMILES string of the molecule is CC(C)(C(N)CCc1cccs1)N1CCOCC1. The third kappa shape index (κ3) is 3.32. The van der Waals surface area contributed by atoms with Crippen LogP contribution >= 0.6 is 11.3 Å². The number of morpholine rings is 1. The average molecular weight is 268 g/mol. The zero-order valence-corrected chi connectivity index (χ0v) is 12.2. The monoisotopic (exact) mass is 268 g/mol. The fourth-order valence-corrected chi connectivity index (χ4v) is 3.20. The minimum atomic E-state index is 0.0566. The Morgan fingerprint density at radius 1 is 1.44 bits per heavy atom. The van der Waals surface area contributed by atoms with Crippen LogP contribution in [0.3, 0.4) is 0 Å². The van der Waals surface area contributed by atoms with Gasteiger partial charge in [0.25, 0.3) is 0 Å². The van der Waals surface area contributed by atoms with E-state index in [1.54, 1.807) is 0 Å². The summed E-state index contributed by atoms with van der Waals surface area (Å²) in [5.74, 6) is 0. The summed E-state index contributed by atoms with van der Waals surface area (Å²) in [4.78, 5) is 3.90. The summed E-state index contributed by atoms with van der Waals surface area (Å²) in [6, 6.07) is 4.51. The normalized spacial score (nSPS) is 19.9. The van der Waals surface area contributed by atoms with Crippen molar-refractivity contribution in [1.29, 1.82) is 0 Å². The third-order valence-corrected chi connectivity index (χ3v) is 4.95. The zero-order chi connectivity index (χ0) is 13.0. The summed E-state index contributed by atoms with van der Waals surface area (Å²) >= 11 is 1.82. The molecule has 1 saturated heterocycles. The Labute approximate surface area is 114 Å². The van der Waals surface area contributed by atoms with E-state index < -0.39 is 0 Å².